The fraction of sp³-hybridized carbons (Fsp3) is 0.625. The van der Waals surface area contributed by atoms with Crippen molar-refractivity contribution in [3.8, 4) is 0 Å². The quantitative estimate of drug-likeness (QED) is 0.892. The van der Waals surface area contributed by atoms with Crippen molar-refractivity contribution in [1.82, 2.24) is 5.32 Å². The molecule has 0 unspecified atom stereocenters. The van der Waals surface area contributed by atoms with Crippen LogP contribution in [-0.4, -0.2) is 25.8 Å². The van der Waals surface area contributed by atoms with Crippen LogP contribution in [0.3, 0.4) is 0 Å². The molecule has 112 valence electrons. The van der Waals surface area contributed by atoms with E-state index in [1.54, 1.807) is 6.07 Å². The Morgan fingerprint density at radius 1 is 1.35 bits per heavy atom. The summed E-state index contributed by atoms with van der Waals surface area (Å²) in [6, 6.07) is 5.52. The first kappa shape index (κ1) is 15.7. The Morgan fingerprint density at radius 2 is 2.05 bits per heavy atom. The van der Waals surface area contributed by atoms with Gasteiger partial charge in [-0.05, 0) is 42.4 Å². The molecular formula is C16H23ClFNO. The van der Waals surface area contributed by atoms with Crippen molar-refractivity contribution in [2.75, 3.05) is 19.8 Å². The molecule has 1 aromatic carbocycles. The number of nitrogens with one attached hydrogen (secondary N) is 1. The predicted octanol–water partition coefficient (Wildman–Crippen LogP) is 3.82. The van der Waals surface area contributed by atoms with E-state index >= 15 is 0 Å². The lowest BCUT2D eigenvalue weighted by atomic mass is 9.75. The zero-order chi connectivity index (χ0) is 14.6. The van der Waals surface area contributed by atoms with Crippen LogP contribution in [0.1, 0.15) is 32.3 Å². The maximum atomic E-state index is 13.3. The Morgan fingerprint density at radius 3 is 2.65 bits per heavy atom. The fourth-order valence-corrected chi connectivity index (χ4v) is 2.93. The molecule has 2 nitrogen and oxygen atoms in total. The van der Waals surface area contributed by atoms with Crippen LogP contribution in [0.2, 0.25) is 5.02 Å². The second-order valence-corrected chi connectivity index (χ2v) is 6.48. The molecule has 0 amide bonds. The van der Waals surface area contributed by atoms with E-state index in [0.29, 0.717) is 6.04 Å². The standard InChI is InChI=1S/C16H23ClFNO/c1-12(2)19-11-16(5-7-20-8-6-16)10-13-3-4-15(18)14(17)9-13/h3-4,9,12,19H,5-8,10-11H2,1-2H3. The largest absolute Gasteiger partial charge is 0.381 e. The Hall–Kier alpha value is -0.640. The first-order chi connectivity index (χ1) is 9.51. The highest BCUT2D eigenvalue weighted by Gasteiger charge is 2.32. The zero-order valence-electron chi connectivity index (χ0n) is 12.2. The van der Waals surface area contributed by atoms with E-state index in [4.69, 9.17) is 16.3 Å². The van der Waals surface area contributed by atoms with Crippen molar-refractivity contribution in [2.45, 2.75) is 39.2 Å². The summed E-state index contributed by atoms with van der Waals surface area (Å²) in [5, 5.41) is 3.75. The Kier molecular flexibility index (Phi) is 5.42. The van der Waals surface area contributed by atoms with Gasteiger partial charge in [0.25, 0.3) is 0 Å². The summed E-state index contributed by atoms with van der Waals surface area (Å²) in [4.78, 5) is 0. The molecule has 1 aliphatic rings. The number of hydrogen-bond acceptors (Lipinski definition) is 2. The molecule has 1 aliphatic heterocycles. The molecule has 1 saturated heterocycles. The molecule has 20 heavy (non-hydrogen) atoms. The van der Waals surface area contributed by atoms with Crippen molar-refractivity contribution in [1.29, 1.82) is 0 Å². The van der Waals surface area contributed by atoms with E-state index in [-0.39, 0.29) is 16.3 Å². The number of hydrogen-bond donors (Lipinski definition) is 1. The van der Waals surface area contributed by atoms with E-state index in [2.05, 4.69) is 19.2 Å². The summed E-state index contributed by atoms with van der Waals surface area (Å²) in [5.74, 6) is -0.350. The third kappa shape index (κ3) is 4.18. The van der Waals surface area contributed by atoms with Crippen molar-refractivity contribution in [2.24, 2.45) is 5.41 Å². The molecule has 0 atom stereocenters. The van der Waals surface area contributed by atoms with Crippen LogP contribution in [0.15, 0.2) is 18.2 Å². The van der Waals surface area contributed by atoms with Gasteiger partial charge in [-0.25, -0.2) is 4.39 Å². The first-order valence-electron chi connectivity index (χ1n) is 7.26. The Bertz CT molecular complexity index is 444. The van der Waals surface area contributed by atoms with Crippen LogP contribution < -0.4 is 5.32 Å². The smallest absolute Gasteiger partial charge is 0.141 e. The molecule has 0 saturated carbocycles. The third-order valence-electron chi connectivity index (χ3n) is 4.00. The molecule has 1 aromatic rings. The number of benzene rings is 1. The minimum absolute atomic E-state index is 0.184. The summed E-state index contributed by atoms with van der Waals surface area (Å²) in [6.07, 6.45) is 2.97. The van der Waals surface area contributed by atoms with Crippen LogP contribution >= 0.6 is 11.6 Å². The van der Waals surface area contributed by atoms with Crippen LogP contribution in [0.25, 0.3) is 0 Å². The van der Waals surface area contributed by atoms with Crippen LogP contribution in [-0.2, 0) is 11.2 Å². The molecule has 0 bridgehead atoms. The maximum absolute atomic E-state index is 13.3. The van der Waals surface area contributed by atoms with Gasteiger partial charge in [0.05, 0.1) is 5.02 Å². The monoisotopic (exact) mass is 299 g/mol. The lowest BCUT2D eigenvalue weighted by Crippen LogP contribution is -2.42. The van der Waals surface area contributed by atoms with Gasteiger partial charge in [0.2, 0.25) is 0 Å². The van der Waals surface area contributed by atoms with Gasteiger partial charge in [0.15, 0.2) is 0 Å². The highest BCUT2D eigenvalue weighted by Crippen LogP contribution is 2.34. The second kappa shape index (κ2) is 6.88. The van der Waals surface area contributed by atoms with Gasteiger partial charge < -0.3 is 10.1 Å². The van der Waals surface area contributed by atoms with Gasteiger partial charge in [-0.1, -0.05) is 31.5 Å². The molecule has 1 fully saturated rings. The van der Waals surface area contributed by atoms with Crippen molar-refractivity contribution >= 4 is 11.6 Å². The SMILES string of the molecule is CC(C)NCC1(Cc2ccc(F)c(Cl)c2)CCOCC1. The predicted molar refractivity (Wildman–Crippen MR) is 80.7 cm³/mol. The molecule has 1 N–H and O–H groups in total. The van der Waals surface area contributed by atoms with Gasteiger partial charge in [-0.2, -0.15) is 0 Å². The van der Waals surface area contributed by atoms with Crippen LogP contribution in [0, 0.1) is 11.2 Å². The summed E-state index contributed by atoms with van der Waals surface area (Å²) < 4.78 is 18.8. The summed E-state index contributed by atoms with van der Waals surface area (Å²) in [5.41, 5.74) is 1.28. The molecule has 0 spiro atoms. The van der Waals surface area contributed by atoms with Crippen molar-refractivity contribution < 1.29 is 9.13 Å². The summed E-state index contributed by atoms with van der Waals surface area (Å²) >= 11 is 5.89. The highest BCUT2D eigenvalue weighted by atomic mass is 35.5. The Labute approximate surface area is 125 Å². The molecule has 2 rings (SSSR count). The van der Waals surface area contributed by atoms with E-state index in [1.807, 2.05) is 6.07 Å². The topological polar surface area (TPSA) is 21.3 Å². The molecule has 0 radical (unpaired) electrons. The third-order valence-corrected chi connectivity index (χ3v) is 4.29. The van der Waals surface area contributed by atoms with Gasteiger partial charge >= 0.3 is 0 Å². The highest BCUT2D eigenvalue weighted by molar-refractivity contribution is 6.30. The molecular weight excluding hydrogens is 277 g/mol. The summed E-state index contributed by atoms with van der Waals surface area (Å²) in [6.45, 7) is 6.87. The van der Waals surface area contributed by atoms with E-state index < -0.39 is 0 Å². The number of ether oxygens (including phenoxy) is 1. The number of halogens is 2. The summed E-state index contributed by atoms with van der Waals surface area (Å²) in [7, 11) is 0. The first-order valence-corrected chi connectivity index (χ1v) is 7.64. The lowest BCUT2D eigenvalue weighted by molar-refractivity contribution is 0.0141. The second-order valence-electron chi connectivity index (χ2n) is 6.07. The molecule has 1 heterocycles. The minimum Gasteiger partial charge on any atom is -0.381 e. The van der Waals surface area contributed by atoms with Crippen LogP contribution in [0.5, 0.6) is 0 Å². The lowest BCUT2D eigenvalue weighted by Gasteiger charge is -2.38. The number of rotatable bonds is 5. The van der Waals surface area contributed by atoms with Crippen molar-refractivity contribution in [3.63, 3.8) is 0 Å². The van der Waals surface area contributed by atoms with Gasteiger partial charge in [0, 0.05) is 25.8 Å². The van der Waals surface area contributed by atoms with E-state index in [0.717, 1.165) is 44.6 Å². The maximum Gasteiger partial charge on any atom is 0.141 e. The molecule has 0 aliphatic carbocycles. The van der Waals surface area contributed by atoms with Crippen LogP contribution in [0.4, 0.5) is 4.39 Å². The minimum atomic E-state index is -0.350. The fourth-order valence-electron chi connectivity index (χ4n) is 2.72. The molecule has 4 heteroatoms. The van der Waals surface area contributed by atoms with E-state index in [1.165, 1.54) is 6.07 Å². The van der Waals surface area contributed by atoms with Crippen molar-refractivity contribution in [3.05, 3.63) is 34.6 Å². The normalized spacial score (nSPS) is 18.4. The average molecular weight is 300 g/mol. The average Bonchev–Trinajstić information content (AvgIpc) is 2.42. The van der Waals surface area contributed by atoms with Gasteiger partial charge in [-0.3, -0.25) is 0 Å². The van der Waals surface area contributed by atoms with Gasteiger partial charge in [-0.15, -0.1) is 0 Å². The van der Waals surface area contributed by atoms with E-state index in [9.17, 15) is 4.39 Å². The molecule has 0 aromatic heterocycles. The zero-order valence-corrected chi connectivity index (χ0v) is 13.0. The Balaban J connectivity index is 2.11. The van der Waals surface area contributed by atoms with Gasteiger partial charge in [0.1, 0.15) is 5.82 Å².